The van der Waals surface area contributed by atoms with E-state index in [9.17, 15) is 30.3 Å². The number of nitro groups is 3. The summed E-state index contributed by atoms with van der Waals surface area (Å²) in [6.07, 6.45) is -2.70. The summed E-state index contributed by atoms with van der Waals surface area (Å²) in [4.78, 5) is 25.9. The summed E-state index contributed by atoms with van der Waals surface area (Å²) in [6, 6.07) is 0. The zero-order valence-corrected chi connectivity index (χ0v) is 7.02. The number of aliphatic hydroxyl groups excluding tert-OH is 1. The number of aliphatic hydroxyl groups is 1. The Labute approximate surface area is 76.6 Å². The van der Waals surface area contributed by atoms with Crippen LogP contribution in [0.5, 0.6) is 0 Å². The molecule has 0 aromatic carbocycles. The topological polar surface area (TPSA) is 150 Å². The van der Waals surface area contributed by atoms with E-state index in [1.54, 1.807) is 0 Å². The molecule has 0 aliphatic rings. The molecule has 10 nitrogen and oxygen atoms in total. The summed E-state index contributed by atoms with van der Waals surface area (Å²) in [7, 11) is 0. The van der Waals surface area contributed by atoms with Crippen molar-refractivity contribution in [2.75, 3.05) is 0 Å². The highest BCUT2D eigenvalue weighted by Crippen LogP contribution is 2.19. The lowest BCUT2D eigenvalue weighted by molar-refractivity contribution is -0.971. The minimum absolute atomic E-state index is 0.991. The van der Waals surface area contributed by atoms with Crippen molar-refractivity contribution in [3.8, 4) is 0 Å². The van der Waals surface area contributed by atoms with Gasteiger partial charge >= 0.3 is 5.79 Å². The van der Waals surface area contributed by atoms with E-state index in [0.717, 1.165) is 6.92 Å². The summed E-state index contributed by atoms with van der Waals surface area (Å²) in [5.74, 6) is -3.56. The molecule has 0 aromatic heterocycles. The summed E-state index contributed by atoms with van der Waals surface area (Å²) in [6.45, 7) is 0.991. The highest BCUT2D eigenvalue weighted by molar-refractivity contribution is 4.58. The third kappa shape index (κ3) is 1.90. The first-order chi connectivity index (χ1) is 6.25. The molecule has 80 valence electrons. The van der Waals surface area contributed by atoms with Gasteiger partial charge in [-0.3, -0.25) is 30.3 Å². The van der Waals surface area contributed by atoms with Crippen molar-refractivity contribution in [1.82, 2.24) is 0 Å². The van der Waals surface area contributed by atoms with E-state index in [2.05, 4.69) is 0 Å². The normalized spacial score (nSPS) is 13.3. The van der Waals surface area contributed by atoms with E-state index in [4.69, 9.17) is 5.11 Å². The average Bonchev–Trinajstić information content (AvgIpc) is 1.97. The van der Waals surface area contributed by atoms with Crippen LogP contribution in [0.2, 0.25) is 0 Å². The molecule has 1 atom stereocenters. The first kappa shape index (κ1) is 12.2. The molecule has 0 rings (SSSR count). The first-order valence-electron chi connectivity index (χ1n) is 3.36. The molecule has 0 heterocycles. The predicted octanol–water partition coefficient (Wildman–Crippen LogP) is -0.759. The molecule has 0 fully saturated rings. The minimum atomic E-state index is -3.56. The molecular formula is C4H7N3O7. The summed E-state index contributed by atoms with van der Waals surface area (Å²) in [5, 5.41) is 39.5. The molecule has 1 N–H and O–H groups in total. The van der Waals surface area contributed by atoms with E-state index in [1.165, 1.54) is 0 Å². The molecule has 0 bridgehead atoms. The summed E-state index contributed by atoms with van der Waals surface area (Å²) >= 11 is 0. The van der Waals surface area contributed by atoms with Gasteiger partial charge in [0.1, 0.15) is 0 Å². The Bertz CT molecular complexity index is 238. The lowest BCUT2D eigenvalue weighted by atomic mass is 10.2. The van der Waals surface area contributed by atoms with Gasteiger partial charge in [0.15, 0.2) is 21.2 Å². The molecule has 10 heteroatoms. The van der Waals surface area contributed by atoms with Crippen molar-refractivity contribution < 1.29 is 19.9 Å². The number of nitrogens with zero attached hydrogens (tertiary/aromatic N) is 3. The Morgan fingerprint density at radius 1 is 1.14 bits per heavy atom. The fourth-order valence-electron chi connectivity index (χ4n) is 0.820. The second kappa shape index (κ2) is 3.91. The molecule has 0 radical (unpaired) electrons. The number of hydrogen-bond acceptors (Lipinski definition) is 7. The minimum Gasteiger partial charge on any atom is -0.392 e. The van der Waals surface area contributed by atoms with Gasteiger partial charge in [0.2, 0.25) is 0 Å². The largest absolute Gasteiger partial charge is 0.702 e. The van der Waals surface area contributed by atoms with Crippen LogP contribution in [0.4, 0.5) is 0 Å². The third-order valence-electron chi connectivity index (χ3n) is 1.45. The predicted molar refractivity (Wildman–Crippen MR) is 40.0 cm³/mol. The molecule has 0 saturated carbocycles. The van der Waals surface area contributed by atoms with Crippen LogP contribution in [0.3, 0.4) is 0 Å². The van der Waals surface area contributed by atoms with Crippen LogP contribution in [0.15, 0.2) is 0 Å². The van der Waals surface area contributed by atoms with Crippen LogP contribution in [-0.4, -0.2) is 31.8 Å². The summed E-state index contributed by atoms with van der Waals surface area (Å²) < 4.78 is 0. The van der Waals surface area contributed by atoms with Gasteiger partial charge in [-0.15, -0.1) is 0 Å². The average molecular weight is 209 g/mol. The van der Waals surface area contributed by atoms with Gasteiger partial charge in [-0.25, -0.2) is 0 Å². The van der Waals surface area contributed by atoms with E-state index in [0.29, 0.717) is 0 Å². The monoisotopic (exact) mass is 209 g/mol. The van der Waals surface area contributed by atoms with Crippen LogP contribution >= 0.6 is 0 Å². The maximum absolute atomic E-state index is 10.3. The molecule has 0 aliphatic carbocycles. The van der Waals surface area contributed by atoms with Crippen molar-refractivity contribution in [2.45, 2.75) is 25.2 Å². The van der Waals surface area contributed by atoms with Crippen molar-refractivity contribution in [2.24, 2.45) is 0 Å². The third-order valence-corrected chi connectivity index (χ3v) is 1.45. The Morgan fingerprint density at radius 2 is 1.43 bits per heavy atom. The molecule has 1 unspecified atom stereocenters. The second-order valence-electron chi connectivity index (χ2n) is 2.60. The lowest BCUT2D eigenvalue weighted by Gasteiger charge is -2.09. The molecule has 0 spiro atoms. The standard InChI is InChI=1S/C4H7N3O7/c1-3(8)2-4(5(9)10,6(11)12)7(13)14/h3,8H,2H2,1H3. The molecule has 0 aliphatic heterocycles. The van der Waals surface area contributed by atoms with Gasteiger partial charge in [0, 0.05) is 0 Å². The van der Waals surface area contributed by atoms with E-state index >= 15 is 0 Å². The molecule has 0 amide bonds. The van der Waals surface area contributed by atoms with E-state index in [-0.39, 0.29) is 0 Å². The zero-order chi connectivity index (χ0) is 11.5. The fraction of sp³-hybridized carbons (Fsp3) is 1.00. The highest BCUT2D eigenvalue weighted by atomic mass is 16.7. The highest BCUT2D eigenvalue weighted by Gasteiger charge is 2.70. The van der Waals surface area contributed by atoms with Crippen molar-refractivity contribution in [3.63, 3.8) is 0 Å². The van der Waals surface area contributed by atoms with Gasteiger partial charge in [-0.1, -0.05) is 0 Å². The molecule has 0 aromatic rings. The van der Waals surface area contributed by atoms with Crippen LogP contribution < -0.4 is 0 Å². The Balaban J connectivity index is 5.28. The first-order valence-corrected chi connectivity index (χ1v) is 3.36. The smallest absolute Gasteiger partial charge is 0.392 e. The van der Waals surface area contributed by atoms with Crippen LogP contribution in [0.1, 0.15) is 13.3 Å². The zero-order valence-electron chi connectivity index (χ0n) is 7.02. The molecular weight excluding hydrogens is 202 g/mol. The van der Waals surface area contributed by atoms with Crippen molar-refractivity contribution >= 4 is 0 Å². The van der Waals surface area contributed by atoms with Crippen LogP contribution in [0.25, 0.3) is 0 Å². The van der Waals surface area contributed by atoms with Crippen molar-refractivity contribution in [3.05, 3.63) is 30.3 Å². The van der Waals surface area contributed by atoms with Crippen LogP contribution in [-0.2, 0) is 0 Å². The Hall–Kier alpha value is -1.84. The maximum atomic E-state index is 10.3. The van der Waals surface area contributed by atoms with E-state index in [1.807, 2.05) is 0 Å². The fourth-order valence-corrected chi connectivity index (χ4v) is 0.820. The van der Waals surface area contributed by atoms with Gasteiger partial charge in [0.05, 0.1) is 6.10 Å². The number of hydrogen-bond donors (Lipinski definition) is 1. The lowest BCUT2D eigenvalue weighted by Crippen LogP contribution is -2.54. The molecule has 14 heavy (non-hydrogen) atoms. The maximum Gasteiger partial charge on any atom is 0.702 e. The van der Waals surface area contributed by atoms with Gasteiger partial charge in [-0.05, 0) is 6.92 Å². The van der Waals surface area contributed by atoms with Crippen molar-refractivity contribution in [1.29, 1.82) is 0 Å². The van der Waals surface area contributed by atoms with Gasteiger partial charge in [-0.2, -0.15) is 0 Å². The van der Waals surface area contributed by atoms with Gasteiger partial charge < -0.3 is 5.11 Å². The SMILES string of the molecule is CC(O)CC([N+](=O)[O-])([N+](=O)[O-])[N+](=O)[O-]. The summed E-state index contributed by atoms with van der Waals surface area (Å²) in [5.41, 5.74) is 0. The quantitative estimate of drug-likeness (QED) is 0.355. The van der Waals surface area contributed by atoms with E-state index < -0.39 is 33.1 Å². The second-order valence-corrected chi connectivity index (χ2v) is 2.60. The van der Waals surface area contributed by atoms with Gasteiger partial charge in [0.25, 0.3) is 0 Å². The molecule has 0 saturated heterocycles. The number of rotatable bonds is 5. The van der Waals surface area contributed by atoms with Crippen LogP contribution in [0, 0.1) is 30.3 Å². The Morgan fingerprint density at radius 3 is 1.50 bits per heavy atom. The Kier molecular flexibility index (Phi) is 3.40.